The molecule has 6 rings (SSSR count). The molecule has 7 nitrogen and oxygen atoms in total. The molecule has 1 aliphatic heterocycles. The fourth-order valence-electron chi connectivity index (χ4n) is 4.59. The minimum Gasteiger partial charge on any atom is -0.378 e. The van der Waals surface area contributed by atoms with Crippen molar-refractivity contribution in [1.29, 1.82) is 0 Å². The van der Waals surface area contributed by atoms with Crippen molar-refractivity contribution in [3.05, 3.63) is 83.7 Å². The highest BCUT2D eigenvalue weighted by Crippen LogP contribution is 2.30. The van der Waals surface area contributed by atoms with E-state index in [1.54, 1.807) is 34.8 Å². The Balaban J connectivity index is 1.54. The van der Waals surface area contributed by atoms with Crippen LogP contribution in [0.2, 0.25) is 0 Å². The molecule has 0 saturated carbocycles. The highest BCUT2D eigenvalue weighted by Gasteiger charge is 2.17. The zero-order valence-electron chi connectivity index (χ0n) is 18.3. The number of imidazole rings is 1. The van der Waals surface area contributed by atoms with Crippen LogP contribution < -0.4 is 10.6 Å². The van der Waals surface area contributed by atoms with Crippen molar-refractivity contribution < 1.29 is 4.74 Å². The van der Waals surface area contributed by atoms with E-state index in [1.165, 1.54) is 0 Å². The fraction of sp³-hybridized carbons (Fsp3) is 0.192. The lowest BCUT2D eigenvalue weighted by atomic mass is 10.0. The topological polar surface area (TPSA) is 65.2 Å². The zero-order valence-corrected chi connectivity index (χ0v) is 18.3. The number of pyridine rings is 2. The third-order valence-electron chi connectivity index (χ3n) is 6.38. The average molecular weight is 438 g/mol. The largest absolute Gasteiger partial charge is 0.378 e. The third kappa shape index (κ3) is 3.29. The summed E-state index contributed by atoms with van der Waals surface area (Å²) in [6.45, 7) is 3.23. The van der Waals surface area contributed by atoms with Crippen LogP contribution in [0.5, 0.6) is 0 Å². The smallest absolute Gasteiger partial charge is 0.333 e. The van der Waals surface area contributed by atoms with Crippen LogP contribution in [0.25, 0.3) is 38.8 Å². The number of morpholine rings is 1. The molecule has 0 amide bonds. The molecule has 7 heteroatoms. The quantitative estimate of drug-likeness (QED) is 0.430. The van der Waals surface area contributed by atoms with Crippen molar-refractivity contribution in [2.75, 3.05) is 31.2 Å². The van der Waals surface area contributed by atoms with Crippen LogP contribution in [0.3, 0.4) is 0 Å². The molecule has 1 aliphatic rings. The lowest BCUT2D eigenvalue weighted by Crippen LogP contribution is -2.36. The Morgan fingerprint density at radius 1 is 0.879 bits per heavy atom. The summed E-state index contributed by atoms with van der Waals surface area (Å²) >= 11 is 0. The zero-order chi connectivity index (χ0) is 22.4. The first-order chi connectivity index (χ1) is 16.2. The van der Waals surface area contributed by atoms with E-state index >= 15 is 0 Å². The monoisotopic (exact) mass is 437 g/mol. The van der Waals surface area contributed by atoms with Gasteiger partial charge in [0.05, 0.1) is 41.6 Å². The van der Waals surface area contributed by atoms with E-state index in [9.17, 15) is 4.79 Å². The average Bonchev–Trinajstić information content (AvgIpc) is 3.15. The van der Waals surface area contributed by atoms with Gasteiger partial charge in [-0.1, -0.05) is 6.07 Å². The molecule has 0 bridgehead atoms. The van der Waals surface area contributed by atoms with Crippen LogP contribution in [-0.2, 0) is 11.8 Å². The number of rotatable bonds is 3. The standard InChI is InChI=1S/C26H23N5O2/c1-29-24-17-28-23-7-2-19(18-8-10-27-11-9-18)16-22(23)25(24)31(26(29)32)21-5-3-20(4-6-21)30-12-14-33-15-13-30/h2-11,16-17H,12-15H2,1H3. The molecule has 0 unspecified atom stereocenters. The Labute approximate surface area is 190 Å². The van der Waals surface area contributed by atoms with Gasteiger partial charge in [0.15, 0.2) is 0 Å². The van der Waals surface area contributed by atoms with Crippen molar-refractivity contribution in [3.8, 4) is 16.8 Å². The molecule has 0 atom stereocenters. The predicted octanol–water partition coefficient (Wildman–Crippen LogP) is 3.78. The van der Waals surface area contributed by atoms with Crippen molar-refractivity contribution in [2.24, 2.45) is 7.05 Å². The SMILES string of the molecule is Cn1c(=O)n(-c2ccc(N3CCOCC3)cc2)c2c3cc(-c4ccncc4)ccc3ncc21. The molecule has 1 saturated heterocycles. The summed E-state index contributed by atoms with van der Waals surface area (Å²) in [5.74, 6) is 0. The molecule has 164 valence electrons. The summed E-state index contributed by atoms with van der Waals surface area (Å²) in [6.07, 6.45) is 5.35. The van der Waals surface area contributed by atoms with E-state index in [1.807, 2.05) is 30.3 Å². The molecule has 33 heavy (non-hydrogen) atoms. The molecule has 0 N–H and O–H groups in total. The van der Waals surface area contributed by atoms with Crippen LogP contribution in [-0.4, -0.2) is 45.4 Å². The second-order valence-corrected chi connectivity index (χ2v) is 8.25. The summed E-state index contributed by atoms with van der Waals surface area (Å²) < 4.78 is 8.92. The molecule has 4 heterocycles. The number of hydrogen-bond donors (Lipinski definition) is 0. The van der Waals surface area contributed by atoms with Gasteiger partial charge in [-0.05, 0) is 59.7 Å². The highest BCUT2D eigenvalue weighted by molar-refractivity contribution is 6.04. The van der Waals surface area contributed by atoms with Gasteiger partial charge in [0.2, 0.25) is 0 Å². The number of fused-ring (bicyclic) bond motifs is 3. The van der Waals surface area contributed by atoms with E-state index < -0.39 is 0 Å². The van der Waals surface area contributed by atoms with Crippen molar-refractivity contribution in [1.82, 2.24) is 19.1 Å². The van der Waals surface area contributed by atoms with Crippen LogP contribution >= 0.6 is 0 Å². The number of anilines is 1. The first kappa shape index (κ1) is 19.7. The first-order valence-electron chi connectivity index (χ1n) is 11.0. The van der Waals surface area contributed by atoms with Crippen molar-refractivity contribution in [3.63, 3.8) is 0 Å². The summed E-state index contributed by atoms with van der Waals surface area (Å²) in [6, 6.07) is 18.3. The summed E-state index contributed by atoms with van der Waals surface area (Å²) in [5, 5.41) is 0.941. The van der Waals surface area contributed by atoms with Crippen molar-refractivity contribution in [2.45, 2.75) is 0 Å². The Hall–Kier alpha value is -3.97. The summed E-state index contributed by atoms with van der Waals surface area (Å²) in [7, 11) is 1.80. The molecule has 2 aromatic carbocycles. The molecule has 0 spiro atoms. The van der Waals surface area contributed by atoms with Gasteiger partial charge in [-0.25, -0.2) is 4.79 Å². The molecule has 1 fully saturated rings. The Bertz CT molecular complexity index is 1510. The van der Waals surface area contributed by atoms with E-state index in [-0.39, 0.29) is 5.69 Å². The normalized spacial score (nSPS) is 14.3. The molecular weight excluding hydrogens is 414 g/mol. The van der Waals surface area contributed by atoms with Crippen molar-refractivity contribution >= 4 is 27.6 Å². The van der Waals surface area contributed by atoms with Crippen LogP contribution in [0, 0.1) is 0 Å². The lowest BCUT2D eigenvalue weighted by molar-refractivity contribution is 0.122. The minimum atomic E-state index is -0.0901. The van der Waals surface area contributed by atoms with Gasteiger partial charge in [0, 0.05) is 43.6 Å². The van der Waals surface area contributed by atoms with Gasteiger partial charge < -0.3 is 9.64 Å². The van der Waals surface area contributed by atoms with Crippen LogP contribution in [0.1, 0.15) is 0 Å². The lowest BCUT2D eigenvalue weighted by Gasteiger charge is -2.28. The maximum Gasteiger partial charge on any atom is 0.333 e. The van der Waals surface area contributed by atoms with Crippen LogP contribution in [0.4, 0.5) is 5.69 Å². The fourth-order valence-corrected chi connectivity index (χ4v) is 4.59. The van der Waals surface area contributed by atoms with E-state index in [2.05, 4.69) is 39.1 Å². The molecule has 0 aliphatic carbocycles. The van der Waals surface area contributed by atoms with E-state index in [4.69, 9.17) is 4.74 Å². The summed E-state index contributed by atoms with van der Waals surface area (Å²) in [5.41, 5.74) is 6.54. The van der Waals surface area contributed by atoms with E-state index in [0.29, 0.717) is 0 Å². The van der Waals surface area contributed by atoms with Gasteiger partial charge >= 0.3 is 5.69 Å². The number of nitrogens with zero attached hydrogens (tertiary/aromatic N) is 5. The number of aryl methyl sites for hydroxylation is 1. The number of benzene rings is 2. The van der Waals surface area contributed by atoms with Gasteiger partial charge in [0.1, 0.15) is 0 Å². The second kappa shape index (κ2) is 7.86. The first-order valence-corrected chi connectivity index (χ1v) is 11.0. The van der Waals surface area contributed by atoms with Gasteiger partial charge in [-0.2, -0.15) is 0 Å². The Morgan fingerprint density at radius 2 is 1.61 bits per heavy atom. The number of ether oxygens (including phenoxy) is 1. The van der Waals surface area contributed by atoms with Crippen LogP contribution in [0.15, 0.2) is 78.0 Å². The third-order valence-corrected chi connectivity index (χ3v) is 6.38. The summed E-state index contributed by atoms with van der Waals surface area (Å²) in [4.78, 5) is 24.4. The van der Waals surface area contributed by atoms with Gasteiger partial charge in [-0.15, -0.1) is 0 Å². The minimum absolute atomic E-state index is 0.0901. The second-order valence-electron chi connectivity index (χ2n) is 8.25. The number of aromatic nitrogens is 4. The number of hydrogen-bond acceptors (Lipinski definition) is 5. The molecule has 3 aromatic heterocycles. The predicted molar refractivity (Wildman–Crippen MR) is 130 cm³/mol. The Morgan fingerprint density at radius 3 is 2.36 bits per heavy atom. The Kier molecular flexibility index (Phi) is 4.69. The van der Waals surface area contributed by atoms with E-state index in [0.717, 1.165) is 70.7 Å². The molecule has 5 aromatic rings. The maximum absolute atomic E-state index is 13.3. The van der Waals surface area contributed by atoms with Gasteiger partial charge in [0.25, 0.3) is 0 Å². The molecular formula is C26H23N5O2. The maximum atomic E-state index is 13.3. The van der Waals surface area contributed by atoms with Gasteiger partial charge in [-0.3, -0.25) is 19.1 Å². The highest BCUT2D eigenvalue weighted by atomic mass is 16.5. The molecule has 0 radical (unpaired) electrons.